The molecule has 0 spiro atoms. The molecule has 0 bridgehead atoms. The van der Waals surface area contributed by atoms with E-state index in [1.54, 1.807) is 31.7 Å². The molecule has 0 aliphatic rings. The largest absolute Gasteiger partial charge is 0.399 e. The van der Waals surface area contributed by atoms with Crippen LogP contribution in [-0.4, -0.2) is 24.0 Å². The SMILES string of the molecule is Cc1cc(N)cc(S(=O)(=O)NC(C)Cn2ccnc2)c1C. The third kappa shape index (κ3) is 3.62. The highest BCUT2D eigenvalue weighted by Gasteiger charge is 2.21. The van der Waals surface area contributed by atoms with Gasteiger partial charge >= 0.3 is 0 Å². The predicted octanol–water partition coefficient (Wildman–Crippen LogP) is 1.45. The Balaban J connectivity index is 2.22. The van der Waals surface area contributed by atoms with Crippen LogP contribution in [0.15, 0.2) is 35.7 Å². The highest BCUT2D eigenvalue weighted by atomic mass is 32.2. The standard InChI is InChI=1S/C14H20N4O2S/c1-10-6-13(15)7-14(12(10)3)21(19,20)17-11(2)8-18-5-4-16-9-18/h4-7,9,11,17H,8,15H2,1-3H3. The van der Waals surface area contributed by atoms with Crippen LogP contribution in [0.5, 0.6) is 0 Å². The van der Waals surface area contributed by atoms with Crippen molar-refractivity contribution in [3.8, 4) is 0 Å². The first-order valence-corrected chi connectivity index (χ1v) is 8.12. The van der Waals surface area contributed by atoms with Crippen molar-refractivity contribution in [3.05, 3.63) is 42.0 Å². The van der Waals surface area contributed by atoms with Gasteiger partial charge in [0.2, 0.25) is 10.0 Å². The summed E-state index contributed by atoms with van der Waals surface area (Å²) in [5.41, 5.74) is 7.78. The quantitative estimate of drug-likeness (QED) is 0.818. The van der Waals surface area contributed by atoms with Crippen molar-refractivity contribution in [2.75, 3.05) is 5.73 Å². The summed E-state index contributed by atoms with van der Waals surface area (Å²) in [7, 11) is -3.60. The number of nitrogens with two attached hydrogens (primary N) is 1. The number of benzene rings is 1. The van der Waals surface area contributed by atoms with Crippen LogP contribution < -0.4 is 10.5 Å². The molecule has 1 heterocycles. The van der Waals surface area contributed by atoms with Gasteiger partial charge in [0.05, 0.1) is 11.2 Å². The molecule has 0 amide bonds. The van der Waals surface area contributed by atoms with Gasteiger partial charge in [0.15, 0.2) is 0 Å². The molecule has 0 saturated heterocycles. The molecular formula is C14H20N4O2S. The van der Waals surface area contributed by atoms with Crippen molar-refractivity contribution in [1.82, 2.24) is 14.3 Å². The maximum atomic E-state index is 12.5. The zero-order valence-electron chi connectivity index (χ0n) is 12.4. The molecule has 0 radical (unpaired) electrons. The van der Waals surface area contributed by atoms with E-state index in [9.17, 15) is 8.42 Å². The maximum Gasteiger partial charge on any atom is 0.241 e. The third-order valence-electron chi connectivity index (χ3n) is 3.33. The normalized spacial score (nSPS) is 13.3. The van der Waals surface area contributed by atoms with Crippen LogP contribution in [0.3, 0.4) is 0 Å². The first-order valence-electron chi connectivity index (χ1n) is 6.64. The lowest BCUT2D eigenvalue weighted by Crippen LogP contribution is -2.35. The number of nitrogens with zero attached hydrogens (tertiary/aromatic N) is 2. The Kier molecular flexibility index (Phi) is 4.34. The van der Waals surface area contributed by atoms with Gasteiger partial charge in [-0.2, -0.15) is 0 Å². The van der Waals surface area contributed by atoms with Crippen molar-refractivity contribution in [2.45, 2.75) is 38.3 Å². The number of anilines is 1. The van der Waals surface area contributed by atoms with Gasteiger partial charge in [0.1, 0.15) is 0 Å². The molecule has 0 aliphatic carbocycles. The van der Waals surface area contributed by atoms with E-state index in [0.717, 1.165) is 5.56 Å². The first kappa shape index (κ1) is 15.5. The molecule has 1 aromatic carbocycles. The van der Waals surface area contributed by atoms with Gasteiger partial charge in [-0.25, -0.2) is 18.1 Å². The molecule has 1 aromatic heterocycles. The van der Waals surface area contributed by atoms with Gasteiger partial charge in [-0.3, -0.25) is 0 Å². The fourth-order valence-electron chi connectivity index (χ4n) is 2.21. The van der Waals surface area contributed by atoms with E-state index >= 15 is 0 Å². The molecular weight excluding hydrogens is 288 g/mol. The molecule has 2 rings (SSSR count). The Hall–Kier alpha value is -1.86. The Morgan fingerprint density at radius 2 is 2.10 bits per heavy atom. The van der Waals surface area contributed by atoms with E-state index in [-0.39, 0.29) is 10.9 Å². The van der Waals surface area contributed by atoms with Gasteiger partial charge in [0.25, 0.3) is 0 Å². The summed E-state index contributed by atoms with van der Waals surface area (Å²) in [5.74, 6) is 0. The smallest absolute Gasteiger partial charge is 0.241 e. The number of imidazole rings is 1. The lowest BCUT2D eigenvalue weighted by atomic mass is 10.1. The Labute approximate surface area is 125 Å². The van der Waals surface area contributed by atoms with E-state index in [1.165, 1.54) is 6.07 Å². The lowest BCUT2D eigenvalue weighted by molar-refractivity contribution is 0.520. The zero-order valence-corrected chi connectivity index (χ0v) is 13.2. The Morgan fingerprint density at radius 3 is 2.71 bits per heavy atom. The van der Waals surface area contributed by atoms with Gasteiger partial charge in [0, 0.05) is 30.7 Å². The van der Waals surface area contributed by atoms with Crippen LogP contribution in [0.25, 0.3) is 0 Å². The Morgan fingerprint density at radius 1 is 1.38 bits per heavy atom. The summed E-state index contributed by atoms with van der Waals surface area (Å²) in [6, 6.07) is 3.00. The fraction of sp³-hybridized carbons (Fsp3) is 0.357. The number of sulfonamides is 1. The van der Waals surface area contributed by atoms with E-state index in [4.69, 9.17) is 5.73 Å². The molecule has 21 heavy (non-hydrogen) atoms. The number of hydrogen-bond donors (Lipinski definition) is 2. The van der Waals surface area contributed by atoms with Gasteiger partial charge in [-0.15, -0.1) is 0 Å². The molecule has 6 nitrogen and oxygen atoms in total. The highest BCUT2D eigenvalue weighted by molar-refractivity contribution is 7.89. The fourth-order valence-corrected chi connectivity index (χ4v) is 3.80. The van der Waals surface area contributed by atoms with Crippen molar-refractivity contribution in [2.24, 2.45) is 0 Å². The zero-order chi connectivity index (χ0) is 15.6. The number of aromatic nitrogens is 2. The summed E-state index contributed by atoms with van der Waals surface area (Å²) in [5, 5.41) is 0. The predicted molar refractivity (Wildman–Crippen MR) is 82.3 cm³/mol. The summed E-state index contributed by atoms with van der Waals surface area (Å²) >= 11 is 0. The van der Waals surface area contributed by atoms with E-state index in [1.807, 2.05) is 18.4 Å². The second-order valence-corrected chi connectivity index (χ2v) is 6.93. The second-order valence-electron chi connectivity index (χ2n) is 5.24. The second kappa shape index (κ2) is 5.87. The van der Waals surface area contributed by atoms with Crippen LogP contribution in [0.1, 0.15) is 18.1 Å². The summed E-state index contributed by atoms with van der Waals surface area (Å²) in [6.07, 6.45) is 5.11. The van der Waals surface area contributed by atoms with Crippen LogP contribution in [0, 0.1) is 13.8 Å². The van der Waals surface area contributed by atoms with Crippen molar-refractivity contribution in [1.29, 1.82) is 0 Å². The van der Waals surface area contributed by atoms with Crippen molar-refractivity contribution < 1.29 is 8.42 Å². The first-order chi connectivity index (χ1) is 9.79. The third-order valence-corrected chi connectivity index (χ3v) is 5.05. The van der Waals surface area contributed by atoms with Crippen molar-refractivity contribution >= 4 is 15.7 Å². The van der Waals surface area contributed by atoms with E-state index in [2.05, 4.69) is 9.71 Å². The molecule has 0 fully saturated rings. The molecule has 1 atom stereocenters. The van der Waals surface area contributed by atoms with E-state index < -0.39 is 10.0 Å². The molecule has 0 saturated carbocycles. The number of aryl methyl sites for hydroxylation is 1. The minimum absolute atomic E-state index is 0.234. The number of hydrogen-bond acceptors (Lipinski definition) is 4. The monoisotopic (exact) mass is 308 g/mol. The molecule has 114 valence electrons. The summed E-state index contributed by atoms with van der Waals surface area (Å²) < 4.78 is 29.5. The molecule has 1 unspecified atom stereocenters. The minimum atomic E-state index is -3.60. The topological polar surface area (TPSA) is 90.0 Å². The minimum Gasteiger partial charge on any atom is -0.399 e. The van der Waals surface area contributed by atoms with Gasteiger partial charge in [-0.05, 0) is 44.0 Å². The number of nitrogens with one attached hydrogen (secondary N) is 1. The van der Waals surface area contributed by atoms with Crippen LogP contribution in [-0.2, 0) is 16.6 Å². The molecule has 0 aliphatic heterocycles. The summed E-state index contributed by atoms with van der Waals surface area (Å²) in [6.45, 7) is 5.95. The Bertz CT molecular complexity index is 724. The number of nitrogen functional groups attached to an aromatic ring is 1. The molecule has 2 aromatic rings. The van der Waals surface area contributed by atoms with Crippen LogP contribution in [0.2, 0.25) is 0 Å². The van der Waals surface area contributed by atoms with Crippen LogP contribution in [0.4, 0.5) is 5.69 Å². The van der Waals surface area contributed by atoms with Gasteiger partial charge < -0.3 is 10.3 Å². The van der Waals surface area contributed by atoms with Crippen LogP contribution >= 0.6 is 0 Å². The average Bonchev–Trinajstić information content (AvgIpc) is 2.85. The highest BCUT2D eigenvalue weighted by Crippen LogP contribution is 2.22. The summed E-state index contributed by atoms with van der Waals surface area (Å²) in [4.78, 5) is 4.17. The van der Waals surface area contributed by atoms with Gasteiger partial charge in [-0.1, -0.05) is 0 Å². The van der Waals surface area contributed by atoms with E-state index in [0.29, 0.717) is 17.8 Å². The number of rotatable bonds is 5. The lowest BCUT2D eigenvalue weighted by Gasteiger charge is -2.17. The molecule has 3 N–H and O–H groups in total. The molecule has 7 heteroatoms. The average molecular weight is 308 g/mol. The van der Waals surface area contributed by atoms with Crippen molar-refractivity contribution in [3.63, 3.8) is 0 Å². The maximum absolute atomic E-state index is 12.5.